The van der Waals surface area contributed by atoms with Crippen LogP contribution in [0.15, 0.2) is 54.6 Å². The van der Waals surface area contributed by atoms with Gasteiger partial charge in [0.15, 0.2) is 0 Å². The molecule has 3 amide bonds. The highest BCUT2D eigenvalue weighted by Gasteiger charge is 2.31. The van der Waals surface area contributed by atoms with Crippen LogP contribution in [0.1, 0.15) is 12.0 Å². The smallest absolute Gasteiger partial charge is 0.315 e. The topological polar surface area (TPSA) is 70.7 Å². The van der Waals surface area contributed by atoms with Gasteiger partial charge in [-0.05, 0) is 36.2 Å². The molecular weight excluding hydrogens is 330 g/mol. The van der Waals surface area contributed by atoms with Crippen LogP contribution >= 0.6 is 0 Å². The molecule has 0 spiro atoms. The number of hydrogen-bond donors (Lipinski definition) is 2. The summed E-state index contributed by atoms with van der Waals surface area (Å²) >= 11 is 0. The minimum Gasteiger partial charge on any atom is -0.497 e. The number of hydrogen-bond acceptors (Lipinski definition) is 3. The average Bonchev–Trinajstić information content (AvgIpc) is 3.03. The zero-order valence-corrected chi connectivity index (χ0v) is 14.8. The highest BCUT2D eigenvalue weighted by molar-refractivity contribution is 5.96. The number of ether oxygens (including phenoxy) is 1. The molecule has 2 aromatic rings. The van der Waals surface area contributed by atoms with Gasteiger partial charge in [-0.3, -0.25) is 4.79 Å². The minimum absolute atomic E-state index is 0.0275. The number of nitrogens with zero attached hydrogens (tertiary/aromatic N) is 1. The number of rotatable bonds is 6. The van der Waals surface area contributed by atoms with Crippen molar-refractivity contribution in [1.82, 2.24) is 10.6 Å². The summed E-state index contributed by atoms with van der Waals surface area (Å²) in [5.41, 5.74) is 1.99. The van der Waals surface area contributed by atoms with Gasteiger partial charge in [0.25, 0.3) is 0 Å². The normalized spacial score (nSPS) is 16.4. The Morgan fingerprint density at radius 2 is 1.88 bits per heavy atom. The van der Waals surface area contributed by atoms with Crippen molar-refractivity contribution in [2.75, 3.05) is 25.1 Å². The number of para-hydroxylation sites is 1. The van der Waals surface area contributed by atoms with Gasteiger partial charge in [0.1, 0.15) is 5.75 Å². The molecule has 1 atom stereocenters. The van der Waals surface area contributed by atoms with E-state index < -0.39 is 0 Å². The lowest BCUT2D eigenvalue weighted by Crippen LogP contribution is -2.43. The zero-order valence-electron chi connectivity index (χ0n) is 14.8. The van der Waals surface area contributed by atoms with Crippen molar-refractivity contribution in [2.45, 2.75) is 18.9 Å². The Kier molecular flexibility index (Phi) is 5.73. The summed E-state index contributed by atoms with van der Waals surface area (Å²) in [6.07, 6.45) is 1.05. The molecule has 1 heterocycles. The lowest BCUT2D eigenvalue weighted by molar-refractivity contribution is -0.117. The van der Waals surface area contributed by atoms with Crippen LogP contribution in [-0.2, 0) is 11.2 Å². The number of benzene rings is 2. The van der Waals surface area contributed by atoms with Crippen molar-refractivity contribution in [3.05, 3.63) is 60.2 Å². The molecule has 0 aromatic heterocycles. The zero-order chi connectivity index (χ0) is 18.4. The Morgan fingerprint density at radius 3 is 2.58 bits per heavy atom. The lowest BCUT2D eigenvalue weighted by atomic mass is 10.1. The number of nitrogens with one attached hydrogen (secondary N) is 2. The summed E-state index contributed by atoms with van der Waals surface area (Å²) in [6.45, 7) is 1.02. The average molecular weight is 353 g/mol. The molecule has 3 rings (SSSR count). The maximum Gasteiger partial charge on any atom is 0.315 e. The predicted octanol–water partition coefficient (Wildman–Crippen LogP) is 2.34. The van der Waals surface area contributed by atoms with E-state index in [2.05, 4.69) is 10.6 Å². The fourth-order valence-electron chi connectivity index (χ4n) is 3.01. The Labute approximate surface area is 153 Å². The third-order valence-electron chi connectivity index (χ3n) is 4.39. The van der Waals surface area contributed by atoms with Crippen molar-refractivity contribution in [3.8, 4) is 5.75 Å². The van der Waals surface area contributed by atoms with Gasteiger partial charge in [-0.15, -0.1) is 0 Å². The van der Waals surface area contributed by atoms with Gasteiger partial charge in [0, 0.05) is 25.2 Å². The highest BCUT2D eigenvalue weighted by atomic mass is 16.5. The molecule has 1 aliphatic rings. The molecule has 2 N–H and O–H groups in total. The number of anilines is 1. The van der Waals surface area contributed by atoms with E-state index in [1.807, 2.05) is 54.6 Å². The van der Waals surface area contributed by atoms with Crippen LogP contribution in [0.5, 0.6) is 5.75 Å². The van der Waals surface area contributed by atoms with Crippen molar-refractivity contribution < 1.29 is 14.3 Å². The number of methoxy groups -OCH3 is 1. The van der Waals surface area contributed by atoms with E-state index in [0.717, 1.165) is 23.4 Å². The second kappa shape index (κ2) is 8.38. The van der Waals surface area contributed by atoms with Crippen molar-refractivity contribution in [1.29, 1.82) is 0 Å². The minimum atomic E-state index is -0.244. The Hall–Kier alpha value is -3.02. The van der Waals surface area contributed by atoms with Crippen LogP contribution in [0.4, 0.5) is 10.5 Å². The summed E-state index contributed by atoms with van der Waals surface area (Å²) in [5.74, 6) is 0.841. The van der Waals surface area contributed by atoms with E-state index in [1.54, 1.807) is 12.0 Å². The molecule has 0 saturated carbocycles. The van der Waals surface area contributed by atoms with Crippen molar-refractivity contribution in [2.24, 2.45) is 0 Å². The molecule has 1 unspecified atom stereocenters. The van der Waals surface area contributed by atoms with Crippen molar-refractivity contribution in [3.63, 3.8) is 0 Å². The largest absolute Gasteiger partial charge is 0.497 e. The van der Waals surface area contributed by atoms with E-state index in [9.17, 15) is 9.59 Å². The molecule has 2 aromatic carbocycles. The molecule has 136 valence electrons. The molecule has 1 aliphatic heterocycles. The summed E-state index contributed by atoms with van der Waals surface area (Å²) in [5, 5.41) is 5.73. The molecule has 1 fully saturated rings. The van der Waals surface area contributed by atoms with E-state index in [0.29, 0.717) is 19.5 Å². The van der Waals surface area contributed by atoms with Crippen LogP contribution in [0, 0.1) is 0 Å². The summed E-state index contributed by atoms with van der Waals surface area (Å²) in [4.78, 5) is 25.9. The first kappa shape index (κ1) is 17.8. The second-order valence-corrected chi connectivity index (χ2v) is 6.24. The number of amides is 3. The predicted molar refractivity (Wildman–Crippen MR) is 100 cm³/mol. The van der Waals surface area contributed by atoms with Gasteiger partial charge in [-0.25, -0.2) is 4.79 Å². The summed E-state index contributed by atoms with van der Waals surface area (Å²) < 4.78 is 5.12. The fourth-order valence-corrected chi connectivity index (χ4v) is 3.01. The lowest BCUT2D eigenvalue weighted by Gasteiger charge is -2.17. The summed E-state index contributed by atoms with van der Waals surface area (Å²) in [7, 11) is 1.63. The first-order valence-corrected chi connectivity index (χ1v) is 8.68. The fraction of sp³-hybridized carbons (Fsp3) is 0.300. The van der Waals surface area contributed by atoms with Gasteiger partial charge in [-0.1, -0.05) is 30.3 Å². The van der Waals surface area contributed by atoms with Crippen LogP contribution < -0.4 is 20.3 Å². The molecule has 1 saturated heterocycles. The maximum absolute atomic E-state index is 12.2. The van der Waals surface area contributed by atoms with Crippen LogP contribution in [0.3, 0.4) is 0 Å². The highest BCUT2D eigenvalue weighted by Crippen LogP contribution is 2.20. The molecule has 0 radical (unpaired) electrons. The molecule has 6 nitrogen and oxygen atoms in total. The number of carbonyl (C=O) groups is 2. The number of carbonyl (C=O) groups excluding carboxylic acids is 2. The Bertz CT molecular complexity index is 747. The first-order valence-electron chi connectivity index (χ1n) is 8.68. The SMILES string of the molecule is COc1ccc(CCNC(=O)NC2CC(=O)N(c3ccccc3)C2)cc1. The third kappa shape index (κ3) is 4.53. The van der Waals surface area contributed by atoms with Gasteiger partial charge in [0.2, 0.25) is 5.91 Å². The van der Waals surface area contributed by atoms with Crippen molar-refractivity contribution >= 4 is 17.6 Å². The van der Waals surface area contributed by atoms with Crippen LogP contribution in [0.2, 0.25) is 0 Å². The van der Waals surface area contributed by atoms with Gasteiger partial charge < -0.3 is 20.3 Å². The maximum atomic E-state index is 12.2. The standard InChI is InChI=1S/C20H23N3O3/c1-26-18-9-7-15(8-10-18)11-12-21-20(25)22-16-13-19(24)23(14-16)17-5-3-2-4-6-17/h2-10,16H,11-14H2,1H3,(H2,21,22,25). The molecule has 0 bridgehead atoms. The Balaban J connectivity index is 1.43. The Morgan fingerprint density at radius 1 is 1.15 bits per heavy atom. The summed E-state index contributed by atoms with van der Waals surface area (Å²) in [6, 6.07) is 16.8. The van der Waals surface area contributed by atoms with Crippen LogP contribution in [-0.4, -0.2) is 38.2 Å². The van der Waals surface area contributed by atoms with Gasteiger partial charge in [0.05, 0.1) is 13.2 Å². The molecule has 6 heteroatoms. The van der Waals surface area contributed by atoms with Gasteiger partial charge in [-0.2, -0.15) is 0 Å². The molecular formula is C20H23N3O3. The third-order valence-corrected chi connectivity index (χ3v) is 4.39. The van der Waals surface area contributed by atoms with Gasteiger partial charge >= 0.3 is 6.03 Å². The van der Waals surface area contributed by atoms with E-state index >= 15 is 0 Å². The molecule has 0 aliphatic carbocycles. The van der Waals surface area contributed by atoms with E-state index in [4.69, 9.17) is 4.74 Å². The monoisotopic (exact) mass is 353 g/mol. The first-order chi connectivity index (χ1) is 12.7. The van der Waals surface area contributed by atoms with Crippen LogP contribution in [0.25, 0.3) is 0 Å². The second-order valence-electron chi connectivity index (χ2n) is 6.24. The van der Waals surface area contributed by atoms with E-state index in [1.165, 1.54) is 0 Å². The molecule has 26 heavy (non-hydrogen) atoms. The van der Waals surface area contributed by atoms with E-state index in [-0.39, 0.29) is 18.0 Å². The quantitative estimate of drug-likeness (QED) is 0.837. The number of urea groups is 1.